The number of carbonyl (C=O) groups excluding carboxylic acids is 1. The Kier molecular flexibility index (Phi) is 5.22. The topological polar surface area (TPSA) is 47.6 Å². The number of hydrogen-bond acceptors (Lipinski definition) is 4. The summed E-state index contributed by atoms with van der Waals surface area (Å²) in [6.07, 6.45) is 0. The van der Waals surface area contributed by atoms with Crippen molar-refractivity contribution in [2.75, 3.05) is 19.5 Å². The summed E-state index contributed by atoms with van der Waals surface area (Å²) in [5, 5.41) is 3.31. The van der Waals surface area contributed by atoms with Crippen molar-refractivity contribution in [2.45, 2.75) is 6.54 Å². The van der Waals surface area contributed by atoms with Gasteiger partial charge in [-0.25, -0.2) is 4.79 Å². The number of carbonyl (C=O) groups is 1. The number of halogens is 1. The van der Waals surface area contributed by atoms with Gasteiger partial charge in [0.15, 0.2) is 0 Å². The number of ether oxygens (including phenoxy) is 2. The minimum absolute atomic E-state index is 0.330. The maximum absolute atomic E-state index is 11.4. The molecular formula is C16H16BrNO3. The van der Waals surface area contributed by atoms with Gasteiger partial charge in [-0.05, 0) is 35.9 Å². The number of methoxy groups -OCH3 is 2. The molecule has 2 aromatic rings. The average Bonchev–Trinajstić information content (AvgIpc) is 2.52. The van der Waals surface area contributed by atoms with E-state index in [9.17, 15) is 4.79 Å². The van der Waals surface area contributed by atoms with Gasteiger partial charge < -0.3 is 14.8 Å². The summed E-state index contributed by atoms with van der Waals surface area (Å²) in [5.74, 6) is 0.451. The van der Waals surface area contributed by atoms with Crippen LogP contribution in [-0.2, 0) is 11.3 Å². The highest BCUT2D eigenvalue weighted by molar-refractivity contribution is 9.10. The predicted molar refractivity (Wildman–Crippen MR) is 85.8 cm³/mol. The van der Waals surface area contributed by atoms with Gasteiger partial charge in [0.05, 0.1) is 25.5 Å². The van der Waals surface area contributed by atoms with E-state index < -0.39 is 0 Å². The molecule has 0 amide bonds. The van der Waals surface area contributed by atoms with Gasteiger partial charge in [-0.15, -0.1) is 0 Å². The molecule has 0 unspecified atom stereocenters. The monoisotopic (exact) mass is 349 g/mol. The van der Waals surface area contributed by atoms with Gasteiger partial charge in [0.1, 0.15) is 5.75 Å². The number of benzene rings is 2. The Morgan fingerprint density at radius 2 is 1.86 bits per heavy atom. The van der Waals surface area contributed by atoms with Crippen LogP contribution in [0.2, 0.25) is 0 Å². The fourth-order valence-electron chi connectivity index (χ4n) is 1.89. The molecule has 4 nitrogen and oxygen atoms in total. The van der Waals surface area contributed by atoms with Crippen molar-refractivity contribution < 1.29 is 14.3 Å². The lowest BCUT2D eigenvalue weighted by Crippen LogP contribution is -2.03. The maximum Gasteiger partial charge on any atom is 0.337 e. The van der Waals surface area contributed by atoms with Gasteiger partial charge >= 0.3 is 5.97 Å². The van der Waals surface area contributed by atoms with Crippen LogP contribution in [0.25, 0.3) is 0 Å². The largest absolute Gasteiger partial charge is 0.495 e. The highest BCUT2D eigenvalue weighted by Crippen LogP contribution is 2.28. The predicted octanol–water partition coefficient (Wildman–Crippen LogP) is 3.86. The second kappa shape index (κ2) is 7.13. The first kappa shape index (κ1) is 15.4. The van der Waals surface area contributed by atoms with Crippen molar-refractivity contribution in [3.63, 3.8) is 0 Å². The van der Waals surface area contributed by atoms with Crippen LogP contribution in [0.4, 0.5) is 5.69 Å². The minimum atomic E-state index is -0.330. The minimum Gasteiger partial charge on any atom is -0.495 e. The van der Waals surface area contributed by atoms with E-state index in [4.69, 9.17) is 4.74 Å². The first-order valence-electron chi connectivity index (χ1n) is 6.38. The summed E-state index contributed by atoms with van der Waals surface area (Å²) in [5.41, 5.74) is 2.51. The van der Waals surface area contributed by atoms with Crippen LogP contribution in [0, 0.1) is 0 Å². The molecule has 2 rings (SSSR count). The SMILES string of the molecule is COC(=O)c1ccc(CNc2cc(Br)ccc2OC)cc1. The maximum atomic E-state index is 11.4. The Morgan fingerprint density at radius 1 is 1.14 bits per heavy atom. The van der Waals surface area contributed by atoms with E-state index >= 15 is 0 Å². The number of nitrogens with one attached hydrogen (secondary N) is 1. The third-order valence-corrected chi connectivity index (χ3v) is 3.51. The van der Waals surface area contributed by atoms with E-state index in [-0.39, 0.29) is 5.97 Å². The van der Waals surface area contributed by atoms with Crippen LogP contribution in [0.1, 0.15) is 15.9 Å². The molecule has 110 valence electrons. The van der Waals surface area contributed by atoms with Gasteiger partial charge in [-0.1, -0.05) is 28.1 Å². The van der Waals surface area contributed by atoms with Crippen molar-refractivity contribution >= 4 is 27.6 Å². The molecule has 0 saturated heterocycles. The summed E-state index contributed by atoms with van der Waals surface area (Å²) in [7, 11) is 3.01. The van der Waals surface area contributed by atoms with E-state index in [1.165, 1.54) is 7.11 Å². The zero-order valence-corrected chi connectivity index (χ0v) is 13.4. The Balaban J connectivity index is 2.06. The summed E-state index contributed by atoms with van der Waals surface area (Å²) in [6.45, 7) is 0.633. The second-order valence-corrected chi connectivity index (χ2v) is 5.30. The quantitative estimate of drug-likeness (QED) is 0.832. The number of hydrogen-bond donors (Lipinski definition) is 1. The van der Waals surface area contributed by atoms with E-state index in [1.54, 1.807) is 19.2 Å². The molecule has 2 aromatic carbocycles. The molecule has 0 bridgehead atoms. The molecule has 21 heavy (non-hydrogen) atoms. The van der Waals surface area contributed by atoms with Gasteiger partial charge in [0.2, 0.25) is 0 Å². The molecule has 0 atom stereocenters. The number of rotatable bonds is 5. The van der Waals surface area contributed by atoms with Crippen LogP contribution in [-0.4, -0.2) is 20.2 Å². The average molecular weight is 350 g/mol. The van der Waals surface area contributed by atoms with E-state index in [0.29, 0.717) is 12.1 Å². The molecule has 0 heterocycles. The summed E-state index contributed by atoms with van der Waals surface area (Å²) in [4.78, 5) is 11.4. The molecule has 0 aliphatic rings. The van der Waals surface area contributed by atoms with Crippen LogP contribution in [0.5, 0.6) is 5.75 Å². The molecule has 0 aromatic heterocycles. The van der Waals surface area contributed by atoms with Crippen molar-refractivity contribution in [1.29, 1.82) is 0 Å². The Bertz CT molecular complexity index is 626. The normalized spacial score (nSPS) is 10.0. The molecule has 0 spiro atoms. The lowest BCUT2D eigenvalue weighted by Gasteiger charge is -2.12. The standard InChI is InChI=1S/C16H16BrNO3/c1-20-15-8-7-13(17)9-14(15)18-10-11-3-5-12(6-4-11)16(19)21-2/h3-9,18H,10H2,1-2H3. The lowest BCUT2D eigenvalue weighted by atomic mass is 10.1. The zero-order chi connectivity index (χ0) is 15.2. The van der Waals surface area contributed by atoms with Gasteiger partial charge in [0, 0.05) is 11.0 Å². The molecule has 0 fully saturated rings. The summed E-state index contributed by atoms with van der Waals surface area (Å²) < 4.78 is 11.0. The Hall–Kier alpha value is -2.01. The molecule has 1 N–H and O–H groups in total. The summed E-state index contributed by atoms with van der Waals surface area (Å²) >= 11 is 3.44. The Morgan fingerprint density at radius 3 is 2.48 bits per heavy atom. The zero-order valence-electron chi connectivity index (χ0n) is 11.9. The number of anilines is 1. The fourth-order valence-corrected chi connectivity index (χ4v) is 2.25. The second-order valence-electron chi connectivity index (χ2n) is 4.39. The molecular weight excluding hydrogens is 334 g/mol. The van der Waals surface area contributed by atoms with Crippen LogP contribution in [0.3, 0.4) is 0 Å². The van der Waals surface area contributed by atoms with Gasteiger partial charge in [-0.2, -0.15) is 0 Å². The molecule has 0 saturated carbocycles. The van der Waals surface area contributed by atoms with Crippen LogP contribution < -0.4 is 10.1 Å². The molecule has 0 aliphatic heterocycles. The third-order valence-electron chi connectivity index (χ3n) is 3.02. The highest BCUT2D eigenvalue weighted by atomic mass is 79.9. The van der Waals surface area contributed by atoms with Crippen molar-refractivity contribution in [2.24, 2.45) is 0 Å². The smallest absolute Gasteiger partial charge is 0.337 e. The molecule has 5 heteroatoms. The molecule has 0 radical (unpaired) electrons. The van der Waals surface area contributed by atoms with Gasteiger partial charge in [-0.3, -0.25) is 0 Å². The first-order chi connectivity index (χ1) is 10.1. The Labute approximate surface area is 132 Å². The summed E-state index contributed by atoms with van der Waals surface area (Å²) in [6, 6.07) is 13.1. The van der Waals surface area contributed by atoms with Crippen molar-refractivity contribution in [3.8, 4) is 5.75 Å². The lowest BCUT2D eigenvalue weighted by molar-refractivity contribution is 0.0600. The van der Waals surface area contributed by atoms with Crippen LogP contribution in [0.15, 0.2) is 46.9 Å². The van der Waals surface area contributed by atoms with E-state index in [1.807, 2.05) is 30.3 Å². The van der Waals surface area contributed by atoms with E-state index in [0.717, 1.165) is 21.5 Å². The van der Waals surface area contributed by atoms with Crippen molar-refractivity contribution in [3.05, 3.63) is 58.1 Å². The van der Waals surface area contributed by atoms with E-state index in [2.05, 4.69) is 26.0 Å². The van der Waals surface area contributed by atoms with Crippen LogP contribution >= 0.6 is 15.9 Å². The van der Waals surface area contributed by atoms with Crippen molar-refractivity contribution in [1.82, 2.24) is 0 Å². The van der Waals surface area contributed by atoms with Gasteiger partial charge in [0.25, 0.3) is 0 Å². The fraction of sp³-hybridized carbons (Fsp3) is 0.188. The number of esters is 1. The third kappa shape index (κ3) is 3.98. The highest BCUT2D eigenvalue weighted by Gasteiger charge is 2.06. The molecule has 0 aliphatic carbocycles. The first-order valence-corrected chi connectivity index (χ1v) is 7.18.